The Morgan fingerprint density at radius 3 is 2.37 bits per heavy atom. The first kappa shape index (κ1) is 22.3. The van der Waals surface area contributed by atoms with Crippen molar-refractivity contribution in [3.8, 4) is 0 Å². The number of nitrogens with zero attached hydrogens (tertiary/aromatic N) is 5. The molecule has 3 rings (SSSR count). The molecule has 0 bridgehead atoms. The Morgan fingerprint density at radius 1 is 1.20 bits per heavy atom. The standard InChI is InChI=1S/C19H27N5O5S/c1-13-6-7-15(24(25)26)12-16(13)30(27,28)23-10-8-22(9-11-23)14(2)17-20-18(21-29-17)19(3,4)5/h6-7,12,14H,8-11H2,1-5H3/t14-/m1/s1. The van der Waals surface area contributed by atoms with E-state index in [0.717, 1.165) is 6.07 Å². The van der Waals surface area contributed by atoms with Gasteiger partial charge in [0.2, 0.25) is 15.9 Å². The number of benzene rings is 1. The summed E-state index contributed by atoms with van der Waals surface area (Å²) in [4.78, 5) is 17.0. The Hall–Kier alpha value is -2.37. The highest BCUT2D eigenvalue weighted by atomic mass is 32.2. The highest BCUT2D eigenvalue weighted by Crippen LogP contribution is 2.28. The fraction of sp³-hybridized carbons (Fsp3) is 0.579. The van der Waals surface area contributed by atoms with Gasteiger partial charge in [-0.2, -0.15) is 9.29 Å². The molecule has 1 aromatic carbocycles. The molecule has 0 amide bonds. The average molecular weight is 438 g/mol. The lowest BCUT2D eigenvalue weighted by Gasteiger charge is -2.36. The summed E-state index contributed by atoms with van der Waals surface area (Å²) in [6.45, 7) is 11.1. The van der Waals surface area contributed by atoms with E-state index in [2.05, 4.69) is 15.0 Å². The summed E-state index contributed by atoms with van der Waals surface area (Å²) in [5.41, 5.74) is 0.0270. The van der Waals surface area contributed by atoms with Gasteiger partial charge in [0.25, 0.3) is 5.69 Å². The summed E-state index contributed by atoms with van der Waals surface area (Å²) in [7, 11) is -3.83. The Kier molecular flexibility index (Phi) is 5.99. The minimum absolute atomic E-state index is 0.0232. The van der Waals surface area contributed by atoms with Crippen LogP contribution in [-0.2, 0) is 15.4 Å². The smallest absolute Gasteiger partial charge is 0.270 e. The largest absolute Gasteiger partial charge is 0.338 e. The van der Waals surface area contributed by atoms with E-state index in [1.807, 2.05) is 27.7 Å². The number of nitro benzene ring substituents is 1. The Bertz CT molecular complexity index is 1040. The van der Waals surface area contributed by atoms with Gasteiger partial charge in [-0.1, -0.05) is 32.0 Å². The van der Waals surface area contributed by atoms with Gasteiger partial charge in [0, 0.05) is 43.7 Å². The number of sulfonamides is 1. The van der Waals surface area contributed by atoms with Gasteiger partial charge < -0.3 is 4.52 Å². The molecular formula is C19H27N5O5S. The average Bonchev–Trinajstić information content (AvgIpc) is 3.18. The van der Waals surface area contributed by atoms with Gasteiger partial charge in [-0.15, -0.1) is 0 Å². The van der Waals surface area contributed by atoms with Gasteiger partial charge in [-0.25, -0.2) is 8.42 Å². The molecule has 2 heterocycles. The lowest BCUT2D eigenvalue weighted by atomic mass is 9.96. The van der Waals surface area contributed by atoms with Gasteiger partial charge in [0.05, 0.1) is 15.9 Å². The number of hydrogen-bond donors (Lipinski definition) is 0. The van der Waals surface area contributed by atoms with Crippen molar-refractivity contribution in [2.45, 2.75) is 51.0 Å². The molecule has 1 fully saturated rings. The highest BCUT2D eigenvalue weighted by Gasteiger charge is 2.34. The number of nitro groups is 1. The Morgan fingerprint density at radius 2 is 1.83 bits per heavy atom. The summed E-state index contributed by atoms with van der Waals surface area (Å²) in [6.07, 6.45) is 0. The third-order valence-corrected chi connectivity index (χ3v) is 7.33. The SMILES string of the molecule is Cc1ccc([N+](=O)[O-])cc1S(=O)(=O)N1CCN([C@H](C)c2nc(C(C)(C)C)no2)CC1. The minimum atomic E-state index is -3.83. The molecule has 1 aliphatic rings. The summed E-state index contributed by atoms with van der Waals surface area (Å²) in [5, 5.41) is 15.1. The lowest BCUT2D eigenvalue weighted by molar-refractivity contribution is -0.385. The minimum Gasteiger partial charge on any atom is -0.338 e. The van der Waals surface area contributed by atoms with Crippen molar-refractivity contribution in [1.82, 2.24) is 19.3 Å². The van der Waals surface area contributed by atoms with E-state index in [0.29, 0.717) is 30.4 Å². The van der Waals surface area contributed by atoms with Crippen molar-refractivity contribution in [1.29, 1.82) is 0 Å². The number of aryl methyl sites for hydroxylation is 1. The van der Waals surface area contributed by atoms with E-state index in [4.69, 9.17) is 4.52 Å². The monoisotopic (exact) mass is 437 g/mol. The molecule has 1 atom stereocenters. The number of hydrogen-bond acceptors (Lipinski definition) is 8. The first-order chi connectivity index (χ1) is 13.9. The Labute approximate surface area is 176 Å². The van der Waals surface area contributed by atoms with Crippen molar-refractivity contribution in [3.63, 3.8) is 0 Å². The van der Waals surface area contributed by atoms with Crippen LogP contribution in [0.25, 0.3) is 0 Å². The normalized spacial score (nSPS) is 17.8. The van der Waals surface area contributed by atoms with Crippen LogP contribution in [-0.4, -0.2) is 58.9 Å². The van der Waals surface area contributed by atoms with Crippen molar-refractivity contribution in [2.75, 3.05) is 26.2 Å². The maximum absolute atomic E-state index is 13.1. The summed E-state index contributed by atoms with van der Waals surface area (Å²) in [6, 6.07) is 3.76. The number of non-ortho nitro benzene ring substituents is 1. The molecule has 10 nitrogen and oxygen atoms in total. The van der Waals surface area contributed by atoms with Crippen LogP contribution in [0.2, 0.25) is 0 Å². The van der Waals surface area contributed by atoms with Crippen molar-refractivity contribution >= 4 is 15.7 Å². The van der Waals surface area contributed by atoms with Crippen LogP contribution >= 0.6 is 0 Å². The van der Waals surface area contributed by atoms with E-state index in [-0.39, 0.29) is 35.1 Å². The van der Waals surface area contributed by atoms with Crippen LogP contribution in [0.3, 0.4) is 0 Å². The molecule has 1 aliphatic heterocycles. The van der Waals surface area contributed by atoms with Crippen LogP contribution in [0.5, 0.6) is 0 Å². The van der Waals surface area contributed by atoms with Crippen molar-refractivity contribution in [2.24, 2.45) is 0 Å². The maximum Gasteiger partial charge on any atom is 0.270 e. The van der Waals surface area contributed by atoms with Gasteiger partial charge in [0.15, 0.2) is 5.82 Å². The molecule has 0 saturated carbocycles. The quantitative estimate of drug-likeness (QED) is 0.517. The fourth-order valence-corrected chi connectivity index (χ4v) is 4.98. The third kappa shape index (κ3) is 4.37. The van der Waals surface area contributed by atoms with Gasteiger partial charge in [0.1, 0.15) is 0 Å². The molecule has 2 aromatic rings. The topological polar surface area (TPSA) is 123 Å². The van der Waals surface area contributed by atoms with Crippen molar-refractivity contribution < 1.29 is 17.9 Å². The molecule has 1 saturated heterocycles. The second kappa shape index (κ2) is 8.05. The molecule has 1 aromatic heterocycles. The first-order valence-electron chi connectivity index (χ1n) is 9.74. The number of aromatic nitrogens is 2. The zero-order valence-electron chi connectivity index (χ0n) is 17.8. The molecule has 0 radical (unpaired) electrons. The lowest BCUT2D eigenvalue weighted by Crippen LogP contribution is -2.49. The van der Waals surface area contributed by atoms with Crippen LogP contribution in [0.1, 0.15) is 51.0 Å². The second-order valence-electron chi connectivity index (χ2n) is 8.53. The molecular weight excluding hydrogens is 410 g/mol. The van der Waals surface area contributed by atoms with Crippen LogP contribution < -0.4 is 0 Å². The fourth-order valence-electron chi connectivity index (χ4n) is 3.32. The van der Waals surface area contributed by atoms with E-state index < -0.39 is 14.9 Å². The summed E-state index contributed by atoms with van der Waals surface area (Å²) >= 11 is 0. The predicted octanol–water partition coefficient (Wildman–Crippen LogP) is 2.65. The zero-order valence-corrected chi connectivity index (χ0v) is 18.6. The predicted molar refractivity (Wildman–Crippen MR) is 110 cm³/mol. The van der Waals surface area contributed by atoms with Crippen LogP contribution in [0, 0.1) is 17.0 Å². The number of rotatable bonds is 5. The van der Waals surface area contributed by atoms with E-state index in [1.165, 1.54) is 16.4 Å². The molecule has 164 valence electrons. The third-order valence-electron chi connectivity index (χ3n) is 5.29. The number of piperazine rings is 1. The molecule has 0 aliphatic carbocycles. The highest BCUT2D eigenvalue weighted by molar-refractivity contribution is 7.89. The Balaban J connectivity index is 1.73. The van der Waals surface area contributed by atoms with Crippen LogP contribution in [0.4, 0.5) is 5.69 Å². The van der Waals surface area contributed by atoms with Gasteiger partial charge in [-0.3, -0.25) is 15.0 Å². The first-order valence-corrected chi connectivity index (χ1v) is 11.2. The summed E-state index contributed by atoms with van der Waals surface area (Å²) in [5.74, 6) is 1.14. The summed E-state index contributed by atoms with van der Waals surface area (Å²) < 4.78 is 33.0. The molecule has 0 spiro atoms. The van der Waals surface area contributed by atoms with E-state index in [9.17, 15) is 18.5 Å². The second-order valence-corrected chi connectivity index (χ2v) is 10.4. The van der Waals surface area contributed by atoms with Gasteiger partial charge >= 0.3 is 0 Å². The molecule has 0 N–H and O–H groups in total. The molecule has 30 heavy (non-hydrogen) atoms. The molecule has 11 heteroatoms. The van der Waals surface area contributed by atoms with Gasteiger partial charge in [-0.05, 0) is 19.4 Å². The maximum atomic E-state index is 13.1. The van der Waals surface area contributed by atoms with E-state index >= 15 is 0 Å². The van der Waals surface area contributed by atoms with Crippen LogP contribution in [0.15, 0.2) is 27.6 Å². The van der Waals surface area contributed by atoms with E-state index in [1.54, 1.807) is 6.92 Å². The zero-order chi connectivity index (χ0) is 22.3. The van der Waals surface area contributed by atoms with Crippen molar-refractivity contribution in [3.05, 3.63) is 45.6 Å². The molecule has 0 unspecified atom stereocenters.